The number of terminal acetylenes is 1. The minimum atomic E-state index is -0.0546. The molecular weight excluding hydrogens is 325 g/mol. The molecule has 5 heteroatoms. The van der Waals surface area contributed by atoms with Gasteiger partial charge in [-0.25, -0.2) is 0 Å². The van der Waals surface area contributed by atoms with Gasteiger partial charge in [-0.3, -0.25) is 4.79 Å². The van der Waals surface area contributed by atoms with Gasteiger partial charge in [-0.05, 0) is 28.1 Å². The van der Waals surface area contributed by atoms with E-state index >= 15 is 0 Å². The molecule has 1 aliphatic rings. The minimum absolute atomic E-state index is 0.0201. The number of hydrogen-bond donors (Lipinski definition) is 0. The van der Waals surface area contributed by atoms with Crippen molar-refractivity contribution in [2.45, 2.75) is 6.42 Å². The molecule has 0 spiro atoms. The molecule has 2 nitrogen and oxygen atoms in total. The Kier molecular flexibility index (Phi) is 3.67. The average Bonchev–Trinajstić information content (AvgIpc) is 2.68. The van der Waals surface area contributed by atoms with Crippen LogP contribution in [0.3, 0.4) is 0 Å². The van der Waals surface area contributed by atoms with E-state index in [4.69, 9.17) is 29.6 Å². The zero-order valence-electron chi connectivity index (χ0n) is 8.71. The van der Waals surface area contributed by atoms with E-state index in [9.17, 15) is 4.79 Å². The lowest BCUT2D eigenvalue weighted by Gasteiger charge is -2.18. The fraction of sp³-hybridized carbons (Fsp3) is 0.250. The van der Waals surface area contributed by atoms with E-state index < -0.39 is 0 Å². The third kappa shape index (κ3) is 2.30. The van der Waals surface area contributed by atoms with Gasteiger partial charge in [0.15, 0.2) is 0 Å². The van der Waals surface area contributed by atoms with Crippen LogP contribution in [0.15, 0.2) is 16.6 Å². The highest BCUT2D eigenvalue weighted by Crippen LogP contribution is 2.39. The molecule has 2 rings (SSSR count). The van der Waals surface area contributed by atoms with Crippen molar-refractivity contribution in [2.24, 2.45) is 5.92 Å². The summed E-state index contributed by atoms with van der Waals surface area (Å²) >= 11 is 15.4. The maximum atomic E-state index is 11.8. The molecule has 0 aliphatic carbocycles. The topological polar surface area (TPSA) is 20.3 Å². The molecule has 1 unspecified atom stereocenters. The van der Waals surface area contributed by atoms with Crippen molar-refractivity contribution in [3.63, 3.8) is 0 Å². The van der Waals surface area contributed by atoms with Gasteiger partial charge >= 0.3 is 0 Å². The predicted molar refractivity (Wildman–Crippen MR) is 73.5 cm³/mol. The van der Waals surface area contributed by atoms with Gasteiger partial charge in [0.05, 0.1) is 15.7 Å². The smallest absolute Gasteiger partial charge is 0.228 e. The summed E-state index contributed by atoms with van der Waals surface area (Å²) in [6.07, 6.45) is 5.69. The fourth-order valence-corrected chi connectivity index (χ4v) is 2.65. The van der Waals surface area contributed by atoms with Gasteiger partial charge in [-0.2, -0.15) is 0 Å². The van der Waals surface area contributed by atoms with Crippen molar-refractivity contribution < 1.29 is 4.79 Å². The summed E-state index contributed by atoms with van der Waals surface area (Å²) in [6.45, 7) is 0.493. The highest BCUT2D eigenvalue weighted by molar-refractivity contribution is 9.10. The van der Waals surface area contributed by atoms with Crippen LogP contribution in [0.4, 0.5) is 5.69 Å². The zero-order valence-corrected chi connectivity index (χ0v) is 11.8. The Morgan fingerprint density at radius 1 is 1.41 bits per heavy atom. The molecule has 1 aromatic carbocycles. The summed E-state index contributed by atoms with van der Waals surface area (Å²) in [5, 5.41) is 0.771. The van der Waals surface area contributed by atoms with Gasteiger partial charge in [0.2, 0.25) is 5.91 Å². The largest absolute Gasteiger partial charge is 0.310 e. The molecule has 0 N–H and O–H groups in total. The SMILES string of the molecule is C#CC1CC(=O)N(c2ccc(Br)c(Cl)c2Cl)C1. The van der Waals surface area contributed by atoms with E-state index in [0.717, 1.165) is 0 Å². The Labute approximate surface area is 118 Å². The molecule has 0 saturated carbocycles. The van der Waals surface area contributed by atoms with Crippen LogP contribution in [-0.4, -0.2) is 12.5 Å². The number of carbonyl (C=O) groups excluding carboxylic acids is 1. The van der Waals surface area contributed by atoms with Crippen molar-refractivity contribution in [3.8, 4) is 12.3 Å². The van der Waals surface area contributed by atoms with E-state index in [0.29, 0.717) is 33.2 Å². The second-order valence-electron chi connectivity index (χ2n) is 3.77. The number of amides is 1. The van der Waals surface area contributed by atoms with Gasteiger partial charge in [0.1, 0.15) is 0 Å². The standard InChI is InChI=1S/C12H8BrCl2NO/c1-2-7-5-10(17)16(6-7)9-4-3-8(13)11(14)12(9)15/h1,3-4,7H,5-6H2. The first-order valence-corrected chi connectivity index (χ1v) is 6.49. The van der Waals surface area contributed by atoms with Gasteiger partial charge in [-0.1, -0.05) is 23.2 Å². The van der Waals surface area contributed by atoms with Crippen molar-refractivity contribution in [3.05, 3.63) is 26.7 Å². The summed E-state index contributed by atoms with van der Waals surface area (Å²) in [4.78, 5) is 13.4. The van der Waals surface area contributed by atoms with Crippen molar-refractivity contribution in [1.82, 2.24) is 0 Å². The molecule has 0 aromatic heterocycles. The quantitative estimate of drug-likeness (QED) is 0.566. The van der Waals surface area contributed by atoms with Crippen molar-refractivity contribution in [1.29, 1.82) is 0 Å². The normalized spacial score (nSPS) is 19.5. The zero-order chi connectivity index (χ0) is 12.6. The van der Waals surface area contributed by atoms with Crippen LogP contribution in [0, 0.1) is 18.3 Å². The molecule has 17 heavy (non-hydrogen) atoms. The molecule has 0 radical (unpaired) electrons. The molecule has 1 heterocycles. The van der Waals surface area contributed by atoms with E-state index in [2.05, 4.69) is 21.9 Å². The summed E-state index contributed by atoms with van der Waals surface area (Å²) in [5.74, 6) is 2.52. The van der Waals surface area contributed by atoms with Crippen LogP contribution in [0.25, 0.3) is 0 Å². The lowest BCUT2D eigenvalue weighted by atomic mass is 10.1. The Hall–Kier alpha value is -0.690. The Balaban J connectivity index is 2.40. The summed E-state index contributed by atoms with van der Waals surface area (Å²) in [7, 11) is 0. The van der Waals surface area contributed by atoms with E-state index in [-0.39, 0.29) is 11.8 Å². The Morgan fingerprint density at radius 2 is 2.12 bits per heavy atom. The van der Waals surface area contributed by atoms with Gasteiger partial charge in [0.25, 0.3) is 0 Å². The van der Waals surface area contributed by atoms with Crippen LogP contribution in [-0.2, 0) is 4.79 Å². The monoisotopic (exact) mass is 331 g/mol. The molecule has 1 fully saturated rings. The van der Waals surface area contributed by atoms with Crippen LogP contribution >= 0.6 is 39.1 Å². The number of carbonyl (C=O) groups is 1. The van der Waals surface area contributed by atoms with E-state index in [1.807, 2.05) is 0 Å². The molecule has 1 aliphatic heterocycles. The third-order valence-corrected chi connectivity index (χ3v) is 4.43. The number of nitrogens with zero attached hydrogens (tertiary/aromatic N) is 1. The van der Waals surface area contributed by atoms with Crippen molar-refractivity contribution in [2.75, 3.05) is 11.4 Å². The lowest BCUT2D eigenvalue weighted by molar-refractivity contribution is -0.117. The number of halogens is 3. The molecular formula is C12H8BrCl2NO. The molecule has 1 saturated heterocycles. The highest BCUT2D eigenvalue weighted by Gasteiger charge is 2.31. The van der Waals surface area contributed by atoms with Crippen molar-refractivity contribution >= 4 is 50.7 Å². The third-order valence-electron chi connectivity index (χ3n) is 2.67. The number of rotatable bonds is 1. The number of benzene rings is 1. The predicted octanol–water partition coefficient (Wildman–Crippen LogP) is 3.74. The molecule has 88 valence electrons. The van der Waals surface area contributed by atoms with Gasteiger partial charge < -0.3 is 4.90 Å². The van der Waals surface area contributed by atoms with Gasteiger partial charge in [0, 0.05) is 23.4 Å². The summed E-state index contributed by atoms with van der Waals surface area (Å²) in [5.41, 5.74) is 0.614. The van der Waals surface area contributed by atoms with E-state index in [1.165, 1.54) is 0 Å². The second kappa shape index (κ2) is 4.89. The first kappa shape index (κ1) is 12.8. The molecule has 0 bridgehead atoms. The molecule has 1 amide bonds. The fourth-order valence-electron chi connectivity index (χ4n) is 1.78. The second-order valence-corrected chi connectivity index (χ2v) is 5.38. The van der Waals surface area contributed by atoms with Crippen LogP contribution in [0.2, 0.25) is 10.0 Å². The maximum absolute atomic E-state index is 11.8. The Morgan fingerprint density at radius 3 is 2.71 bits per heavy atom. The molecule has 1 atom stereocenters. The average molecular weight is 333 g/mol. The molecule has 1 aromatic rings. The lowest BCUT2D eigenvalue weighted by Crippen LogP contribution is -2.24. The van der Waals surface area contributed by atoms with Crippen LogP contribution < -0.4 is 4.90 Å². The maximum Gasteiger partial charge on any atom is 0.228 e. The summed E-state index contributed by atoms with van der Waals surface area (Å²) < 4.78 is 0.702. The van der Waals surface area contributed by atoms with Crippen LogP contribution in [0.5, 0.6) is 0 Å². The highest BCUT2D eigenvalue weighted by atomic mass is 79.9. The first-order valence-electron chi connectivity index (χ1n) is 4.94. The number of hydrogen-bond acceptors (Lipinski definition) is 1. The minimum Gasteiger partial charge on any atom is -0.310 e. The van der Waals surface area contributed by atoms with E-state index in [1.54, 1.807) is 17.0 Å². The number of anilines is 1. The van der Waals surface area contributed by atoms with Crippen LogP contribution in [0.1, 0.15) is 6.42 Å². The summed E-state index contributed by atoms with van der Waals surface area (Å²) in [6, 6.07) is 3.52. The first-order chi connectivity index (χ1) is 8.04. The van der Waals surface area contributed by atoms with Gasteiger partial charge in [-0.15, -0.1) is 12.3 Å². The Bertz CT molecular complexity index is 524.